The fourth-order valence-electron chi connectivity index (χ4n) is 2.78. The molecule has 20 heavy (non-hydrogen) atoms. The molecule has 1 aliphatic heterocycles. The van der Waals surface area contributed by atoms with Crippen LogP contribution in [-0.4, -0.2) is 33.8 Å². The quantitative estimate of drug-likeness (QED) is 0.927. The summed E-state index contributed by atoms with van der Waals surface area (Å²) in [4.78, 5) is 31.8. The molecule has 0 saturated carbocycles. The van der Waals surface area contributed by atoms with E-state index in [2.05, 4.69) is 10.3 Å². The monoisotopic (exact) mass is 295 g/mol. The van der Waals surface area contributed by atoms with Crippen LogP contribution in [0.25, 0.3) is 0 Å². The summed E-state index contributed by atoms with van der Waals surface area (Å²) in [5.41, 5.74) is 0.946. The van der Waals surface area contributed by atoms with E-state index in [1.54, 1.807) is 23.2 Å². The van der Waals surface area contributed by atoms with Crippen LogP contribution < -0.4 is 5.32 Å². The largest absolute Gasteiger partial charge is 0.343 e. The fourth-order valence-corrected chi connectivity index (χ4v) is 3.76. The molecule has 3 unspecified atom stereocenters. The van der Waals surface area contributed by atoms with Crippen molar-refractivity contribution in [1.29, 1.82) is 0 Å². The van der Waals surface area contributed by atoms with Crippen LogP contribution in [0.15, 0.2) is 0 Å². The van der Waals surface area contributed by atoms with Gasteiger partial charge in [0.25, 0.3) is 0 Å². The maximum atomic E-state index is 12.5. The zero-order valence-electron chi connectivity index (χ0n) is 12.6. The zero-order valence-corrected chi connectivity index (χ0v) is 13.4. The van der Waals surface area contributed by atoms with E-state index in [0.29, 0.717) is 6.42 Å². The van der Waals surface area contributed by atoms with Gasteiger partial charge in [-0.25, -0.2) is 4.98 Å². The second kappa shape index (κ2) is 5.52. The number of rotatable bonds is 3. The van der Waals surface area contributed by atoms with Gasteiger partial charge in [-0.3, -0.25) is 9.59 Å². The lowest BCUT2D eigenvalue weighted by atomic mass is 10.0. The van der Waals surface area contributed by atoms with Crippen LogP contribution in [0.4, 0.5) is 0 Å². The Labute approximate surface area is 123 Å². The van der Waals surface area contributed by atoms with Crippen LogP contribution in [-0.2, 0) is 9.59 Å². The van der Waals surface area contributed by atoms with Gasteiger partial charge in [-0.1, -0.05) is 6.92 Å². The van der Waals surface area contributed by atoms with Crippen molar-refractivity contribution in [2.24, 2.45) is 0 Å². The third-order valence-corrected chi connectivity index (χ3v) is 4.99. The van der Waals surface area contributed by atoms with Gasteiger partial charge < -0.3 is 10.2 Å². The first-order chi connectivity index (χ1) is 9.36. The van der Waals surface area contributed by atoms with Crippen LogP contribution in [0.2, 0.25) is 0 Å². The molecule has 6 heteroatoms. The summed E-state index contributed by atoms with van der Waals surface area (Å²) in [6, 6.07) is -0.968. The Hall–Kier alpha value is -1.43. The van der Waals surface area contributed by atoms with Gasteiger partial charge in [-0.15, -0.1) is 11.3 Å². The summed E-state index contributed by atoms with van der Waals surface area (Å²) in [6.45, 7) is 9.55. The maximum absolute atomic E-state index is 12.5. The normalized spacial score (nSPS) is 24.8. The Kier molecular flexibility index (Phi) is 4.13. The van der Waals surface area contributed by atoms with Gasteiger partial charge in [0.15, 0.2) is 0 Å². The first-order valence-electron chi connectivity index (χ1n) is 6.93. The molecule has 1 saturated heterocycles. The highest BCUT2D eigenvalue weighted by atomic mass is 32.1. The number of nitrogens with zero attached hydrogens (tertiary/aromatic N) is 2. The molecule has 1 aromatic heterocycles. The van der Waals surface area contributed by atoms with Crippen LogP contribution in [0.3, 0.4) is 0 Å². The molecule has 0 aromatic carbocycles. The van der Waals surface area contributed by atoms with Crippen molar-refractivity contribution in [3.05, 3.63) is 15.6 Å². The lowest BCUT2D eigenvalue weighted by Gasteiger charge is -2.41. The van der Waals surface area contributed by atoms with Gasteiger partial charge in [0.1, 0.15) is 12.1 Å². The predicted octanol–water partition coefficient (Wildman–Crippen LogP) is 1.95. The Morgan fingerprint density at radius 3 is 2.55 bits per heavy atom. The molecule has 2 amide bonds. The van der Waals surface area contributed by atoms with Gasteiger partial charge >= 0.3 is 0 Å². The molecule has 2 heterocycles. The maximum Gasteiger partial charge on any atom is 0.246 e. The van der Waals surface area contributed by atoms with E-state index in [9.17, 15) is 9.59 Å². The minimum Gasteiger partial charge on any atom is -0.343 e. The van der Waals surface area contributed by atoms with E-state index in [1.165, 1.54) is 0 Å². The smallest absolute Gasteiger partial charge is 0.246 e. The minimum atomic E-state index is -0.456. The first-order valence-corrected chi connectivity index (χ1v) is 7.74. The molecule has 1 aromatic rings. The molecular formula is C14H21N3O2S. The molecule has 0 aliphatic carbocycles. The first kappa shape index (κ1) is 15.0. The molecule has 0 bridgehead atoms. The number of hydrogen-bond donors (Lipinski definition) is 1. The standard InChI is InChI=1S/C14H21N3O2S/c1-6-11-13(18)16-8(3)14(19)17(11)9(4)12-7(2)15-10(5)20-12/h8-9,11H,6H2,1-5H3,(H,16,18). The van der Waals surface area contributed by atoms with Crippen molar-refractivity contribution < 1.29 is 9.59 Å². The van der Waals surface area contributed by atoms with Crippen LogP contribution in [0.5, 0.6) is 0 Å². The molecule has 0 spiro atoms. The highest BCUT2D eigenvalue weighted by Crippen LogP contribution is 2.32. The molecule has 1 N–H and O–H groups in total. The molecule has 3 atom stereocenters. The van der Waals surface area contributed by atoms with Crippen LogP contribution in [0.1, 0.15) is 48.8 Å². The molecule has 5 nitrogen and oxygen atoms in total. The number of carbonyl (C=O) groups is 2. The van der Waals surface area contributed by atoms with Gasteiger partial charge in [0.05, 0.1) is 16.7 Å². The number of thiazole rings is 1. The van der Waals surface area contributed by atoms with E-state index < -0.39 is 12.1 Å². The molecule has 2 rings (SSSR count). The SMILES string of the molecule is CCC1C(=O)NC(C)C(=O)N1C(C)c1sc(C)nc1C. The van der Waals surface area contributed by atoms with E-state index >= 15 is 0 Å². The van der Waals surface area contributed by atoms with Crippen molar-refractivity contribution in [3.8, 4) is 0 Å². The number of amides is 2. The highest BCUT2D eigenvalue weighted by molar-refractivity contribution is 7.11. The molecule has 110 valence electrons. The van der Waals surface area contributed by atoms with Crippen LogP contribution >= 0.6 is 11.3 Å². The third-order valence-electron chi connectivity index (χ3n) is 3.74. The number of piperazine rings is 1. The highest BCUT2D eigenvalue weighted by Gasteiger charge is 2.41. The second-order valence-electron chi connectivity index (χ2n) is 5.26. The molecule has 0 radical (unpaired) electrons. The van der Waals surface area contributed by atoms with Crippen molar-refractivity contribution in [1.82, 2.24) is 15.2 Å². The summed E-state index contributed by atoms with van der Waals surface area (Å²) in [5, 5.41) is 3.73. The average molecular weight is 295 g/mol. The Morgan fingerprint density at radius 2 is 2.05 bits per heavy atom. The number of aromatic nitrogens is 1. The Bertz CT molecular complexity index is 541. The Morgan fingerprint density at radius 1 is 1.40 bits per heavy atom. The lowest BCUT2D eigenvalue weighted by Crippen LogP contribution is -2.62. The van der Waals surface area contributed by atoms with Gasteiger partial charge in [0, 0.05) is 4.88 Å². The summed E-state index contributed by atoms with van der Waals surface area (Å²) < 4.78 is 0. The molecule has 1 fully saturated rings. The number of carbonyl (C=O) groups excluding carboxylic acids is 2. The number of aryl methyl sites for hydroxylation is 2. The predicted molar refractivity (Wildman–Crippen MR) is 78.5 cm³/mol. The summed E-state index contributed by atoms with van der Waals surface area (Å²) in [6.07, 6.45) is 0.617. The van der Waals surface area contributed by atoms with Gasteiger partial charge in [-0.05, 0) is 34.1 Å². The van der Waals surface area contributed by atoms with Crippen molar-refractivity contribution in [3.63, 3.8) is 0 Å². The topological polar surface area (TPSA) is 62.3 Å². The van der Waals surface area contributed by atoms with E-state index in [0.717, 1.165) is 15.6 Å². The van der Waals surface area contributed by atoms with Crippen LogP contribution in [0, 0.1) is 13.8 Å². The summed E-state index contributed by atoms with van der Waals surface area (Å²) in [5.74, 6) is -0.0836. The second-order valence-corrected chi connectivity index (χ2v) is 6.49. The minimum absolute atomic E-state index is 0.0191. The number of hydrogen-bond acceptors (Lipinski definition) is 4. The average Bonchev–Trinajstić information content (AvgIpc) is 2.71. The lowest BCUT2D eigenvalue weighted by molar-refractivity contribution is -0.151. The van der Waals surface area contributed by atoms with E-state index in [1.807, 2.05) is 27.7 Å². The fraction of sp³-hybridized carbons (Fsp3) is 0.643. The molecule has 1 aliphatic rings. The van der Waals surface area contributed by atoms with E-state index in [4.69, 9.17) is 0 Å². The number of nitrogens with one attached hydrogen (secondary N) is 1. The van der Waals surface area contributed by atoms with Gasteiger partial charge in [0.2, 0.25) is 11.8 Å². The summed E-state index contributed by atoms with van der Waals surface area (Å²) in [7, 11) is 0. The third kappa shape index (κ3) is 2.44. The van der Waals surface area contributed by atoms with E-state index in [-0.39, 0.29) is 17.9 Å². The van der Waals surface area contributed by atoms with Crippen molar-refractivity contribution in [2.45, 2.75) is 59.2 Å². The summed E-state index contributed by atoms with van der Waals surface area (Å²) >= 11 is 1.60. The zero-order chi connectivity index (χ0) is 15.0. The van der Waals surface area contributed by atoms with Crippen molar-refractivity contribution >= 4 is 23.2 Å². The van der Waals surface area contributed by atoms with Crippen molar-refractivity contribution in [2.75, 3.05) is 0 Å². The molecular weight excluding hydrogens is 274 g/mol. The Balaban J connectivity index is 2.38. The van der Waals surface area contributed by atoms with Gasteiger partial charge in [-0.2, -0.15) is 0 Å².